The van der Waals surface area contributed by atoms with Crippen LogP contribution < -0.4 is 9.64 Å². The molecule has 1 fully saturated rings. The number of rotatable bonds is 8. The number of carboxylic acids is 1. The fourth-order valence-electron chi connectivity index (χ4n) is 7.14. The molecule has 0 saturated carbocycles. The summed E-state index contributed by atoms with van der Waals surface area (Å²) in [7, 11) is 1.73. The second-order valence-corrected chi connectivity index (χ2v) is 15.2. The number of methoxy groups -OCH3 is 1. The Morgan fingerprint density at radius 1 is 0.978 bits per heavy atom. The maximum Gasteiger partial charge on any atom is 0.337 e. The van der Waals surface area contributed by atoms with Gasteiger partial charge in [-0.1, -0.05) is 38.1 Å². The van der Waals surface area contributed by atoms with E-state index in [0.29, 0.717) is 5.56 Å². The molecule has 248 valence electrons. The lowest BCUT2D eigenvalue weighted by Crippen LogP contribution is -2.39. The Hall–Kier alpha value is -3.42. The average molecular weight is 628 g/mol. The minimum atomic E-state index is -1.12. The molecule has 46 heavy (non-hydrogen) atoms. The third-order valence-electron chi connectivity index (χ3n) is 9.80. The normalized spacial score (nSPS) is 17.5. The van der Waals surface area contributed by atoms with Crippen molar-refractivity contribution >= 4 is 11.7 Å². The van der Waals surface area contributed by atoms with E-state index in [1.54, 1.807) is 7.11 Å². The molecule has 0 amide bonds. The number of ether oxygens (including phenoxy) is 2. The predicted octanol–water partition coefficient (Wildman–Crippen LogP) is 8.12. The van der Waals surface area contributed by atoms with Crippen molar-refractivity contribution in [3.63, 3.8) is 0 Å². The van der Waals surface area contributed by atoms with Crippen molar-refractivity contribution in [3.8, 4) is 16.9 Å². The zero-order chi connectivity index (χ0) is 33.6. The molecule has 3 aromatic rings. The Bertz CT molecular complexity index is 1610. The molecule has 0 aliphatic carbocycles. The van der Waals surface area contributed by atoms with Crippen LogP contribution in [-0.2, 0) is 29.0 Å². The highest BCUT2D eigenvalue weighted by Crippen LogP contribution is 2.45. The van der Waals surface area contributed by atoms with Gasteiger partial charge in [-0.3, -0.25) is 9.88 Å². The lowest BCUT2D eigenvalue weighted by molar-refractivity contribution is -0.160. The number of hydrogen-bond acceptors (Lipinski definition) is 6. The molecule has 7 heteroatoms. The number of benzene rings is 2. The molecule has 2 aliphatic rings. The van der Waals surface area contributed by atoms with Gasteiger partial charge in [-0.2, -0.15) is 0 Å². The summed E-state index contributed by atoms with van der Waals surface area (Å²) in [4.78, 5) is 22.7. The highest BCUT2D eigenvalue weighted by molar-refractivity contribution is 5.88. The van der Waals surface area contributed by atoms with Crippen LogP contribution in [0, 0.1) is 33.1 Å². The topological polar surface area (TPSA) is 75.1 Å². The standard InChI is InChI=1S/C39H53N3O4/c1-24-20-32(45-10)25(2)19-31(24)23-41-16-13-28-21-29(11-12-30(28)22-41)33-26(3)40-27(4)34(36(37(43)44)46-38(5,6)7)35(33)42-17-14-39(8,9)15-18-42/h11-12,19-21,36H,13-18,22-23H2,1-10H3,(H,43,44). The van der Waals surface area contributed by atoms with Gasteiger partial charge in [-0.15, -0.1) is 0 Å². The number of carbonyl (C=O) groups is 1. The minimum absolute atomic E-state index is 0.253. The molecule has 2 aromatic carbocycles. The molecule has 0 bridgehead atoms. The van der Waals surface area contributed by atoms with E-state index < -0.39 is 17.7 Å². The maximum atomic E-state index is 12.8. The molecule has 1 N–H and O–H groups in total. The number of carboxylic acid groups (broad SMARTS) is 1. The van der Waals surface area contributed by atoms with Gasteiger partial charge in [0.05, 0.1) is 18.4 Å². The van der Waals surface area contributed by atoms with E-state index in [9.17, 15) is 9.90 Å². The van der Waals surface area contributed by atoms with Crippen molar-refractivity contribution in [1.82, 2.24) is 9.88 Å². The highest BCUT2D eigenvalue weighted by atomic mass is 16.5. The summed E-state index contributed by atoms with van der Waals surface area (Å²) >= 11 is 0. The van der Waals surface area contributed by atoms with Crippen molar-refractivity contribution in [2.75, 3.05) is 31.6 Å². The first-order valence-electron chi connectivity index (χ1n) is 16.7. The lowest BCUT2D eigenvalue weighted by atomic mass is 9.81. The summed E-state index contributed by atoms with van der Waals surface area (Å²) in [5.74, 6) is -0.0462. The van der Waals surface area contributed by atoms with Crippen molar-refractivity contribution in [3.05, 3.63) is 75.1 Å². The second-order valence-electron chi connectivity index (χ2n) is 15.2. The van der Waals surface area contributed by atoms with Gasteiger partial charge in [0.2, 0.25) is 0 Å². The molecule has 5 rings (SSSR count). The molecule has 1 saturated heterocycles. The van der Waals surface area contributed by atoms with Gasteiger partial charge in [0.1, 0.15) is 5.75 Å². The quantitative estimate of drug-likeness (QED) is 0.270. The van der Waals surface area contributed by atoms with E-state index in [4.69, 9.17) is 14.5 Å². The van der Waals surface area contributed by atoms with E-state index in [0.717, 1.165) is 91.5 Å². The Kier molecular flexibility index (Phi) is 9.59. The van der Waals surface area contributed by atoms with Crippen LogP contribution in [0.1, 0.15) is 98.3 Å². The summed E-state index contributed by atoms with van der Waals surface area (Å²) in [5.41, 5.74) is 11.5. The molecule has 2 aliphatic heterocycles. The largest absolute Gasteiger partial charge is 0.496 e. The first kappa shape index (κ1) is 33.9. The number of pyridine rings is 1. The third-order valence-corrected chi connectivity index (χ3v) is 9.80. The monoisotopic (exact) mass is 627 g/mol. The molecular formula is C39H53N3O4. The fraction of sp³-hybridized carbons (Fsp3) is 0.538. The molecule has 3 heterocycles. The number of hydrogen-bond donors (Lipinski definition) is 1. The Morgan fingerprint density at radius 3 is 2.30 bits per heavy atom. The number of aromatic nitrogens is 1. The van der Waals surface area contributed by atoms with E-state index in [1.165, 1.54) is 22.3 Å². The summed E-state index contributed by atoms with van der Waals surface area (Å²) in [6, 6.07) is 11.2. The van der Waals surface area contributed by atoms with Gasteiger partial charge in [-0.05, 0) is 113 Å². The number of aliphatic carboxylic acids is 1. The van der Waals surface area contributed by atoms with Crippen LogP contribution in [0.2, 0.25) is 0 Å². The van der Waals surface area contributed by atoms with Crippen LogP contribution in [0.4, 0.5) is 5.69 Å². The first-order chi connectivity index (χ1) is 21.6. The van der Waals surface area contributed by atoms with Crippen molar-refractivity contribution in [2.24, 2.45) is 5.41 Å². The summed E-state index contributed by atoms with van der Waals surface area (Å²) in [5, 5.41) is 10.5. The molecule has 0 radical (unpaired) electrons. The van der Waals surface area contributed by atoms with Gasteiger partial charge in [0.25, 0.3) is 0 Å². The average Bonchev–Trinajstić information content (AvgIpc) is 2.97. The van der Waals surface area contributed by atoms with Gasteiger partial charge < -0.3 is 19.5 Å². The number of aryl methyl sites for hydroxylation is 4. The van der Waals surface area contributed by atoms with Crippen LogP contribution in [-0.4, -0.2) is 53.3 Å². The zero-order valence-electron chi connectivity index (χ0n) is 29.6. The SMILES string of the molecule is COc1cc(C)c(CN2CCc3cc(-c4c(C)nc(C)c(C(OC(C)(C)C)C(=O)O)c4N4CCC(C)(C)CC4)ccc3C2)cc1C. The van der Waals surface area contributed by atoms with E-state index in [2.05, 4.69) is 74.8 Å². The summed E-state index contributed by atoms with van der Waals surface area (Å²) in [6.45, 7) is 23.1. The summed E-state index contributed by atoms with van der Waals surface area (Å²) in [6.07, 6.45) is 1.92. The molecular weight excluding hydrogens is 574 g/mol. The lowest BCUT2D eigenvalue weighted by Gasteiger charge is -2.41. The Balaban J connectivity index is 1.54. The number of piperidine rings is 1. The molecule has 1 aromatic heterocycles. The number of anilines is 1. The van der Waals surface area contributed by atoms with E-state index in [1.807, 2.05) is 27.7 Å². The van der Waals surface area contributed by atoms with Crippen molar-refractivity contribution in [1.29, 1.82) is 0 Å². The molecule has 0 spiro atoms. The first-order valence-corrected chi connectivity index (χ1v) is 16.7. The summed E-state index contributed by atoms with van der Waals surface area (Å²) < 4.78 is 11.8. The van der Waals surface area contributed by atoms with Crippen LogP contribution in [0.15, 0.2) is 30.3 Å². The number of nitrogens with zero attached hydrogens (tertiary/aromatic N) is 3. The number of fused-ring (bicyclic) bond motifs is 1. The third kappa shape index (κ3) is 7.26. The fourth-order valence-corrected chi connectivity index (χ4v) is 7.14. The van der Waals surface area contributed by atoms with Crippen LogP contribution in [0.3, 0.4) is 0 Å². The van der Waals surface area contributed by atoms with Crippen LogP contribution >= 0.6 is 0 Å². The van der Waals surface area contributed by atoms with Crippen molar-refractivity contribution < 1.29 is 19.4 Å². The molecule has 1 atom stereocenters. The predicted molar refractivity (Wildman–Crippen MR) is 186 cm³/mol. The van der Waals surface area contributed by atoms with Gasteiger partial charge in [-0.25, -0.2) is 4.79 Å². The van der Waals surface area contributed by atoms with E-state index >= 15 is 0 Å². The highest BCUT2D eigenvalue weighted by Gasteiger charge is 2.36. The Labute approximate surface area is 275 Å². The molecule has 1 unspecified atom stereocenters. The van der Waals surface area contributed by atoms with Gasteiger partial charge in [0, 0.05) is 55.2 Å². The van der Waals surface area contributed by atoms with Crippen molar-refractivity contribution in [2.45, 2.75) is 106 Å². The second kappa shape index (κ2) is 13.0. The van der Waals surface area contributed by atoms with Crippen LogP contribution in [0.25, 0.3) is 11.1 Å². The van der Waals surface area contributed by atoms with Crippen LogP contribution in [0.5, 0.6) is 5.75 Å². The minimum Gasteiger partial charge on any atom is -0.496 e. The van der Waals surface area contributed by atoms with E-state index in [-0.39, 0.29) is 5.41 Å². The molecule has 7 nitrogen and oxygen atoms in total. The Morgan fingerprint density at radius 2 is 1.67 bits per heavy atom. The smallest absolute Gasteiger partial charge is 0.337 e. The maximum absolute atomic E-state index is 12.8. The zero-order valence-corrected chi connectivity index (χ0v) is 29.6. The van der Waals surface area contributed by atoms with Gasteiger partial charge in [0.15, 0.2) is 6.10 Å². The van der Waals surface area contributed by atoms with Gasteiger partial charge >= 0.3 is 5.97 Å².